The summed E-state index contributed by atoms with van der Waals surface area (Å²) in [5.41, 5.74) is 1.55. The predicted octanol–water partition coefficient (Wildman–Crippen LogP) is 5.09. The number of hydrogen-bond acceptors (Lipinski definition) is 7. The third kappa shape index (κ3) is 4.46. The predicted molar refractivity (Wildman–Crippen MR) is 146 cm³/mol. The van der Waals surface area contributed by atoms with Crippen LogP contribution in [0, 0.1) is 29.1 Å². The van der Waals surface area contributed by atoms with Gasteiger partial charge in [-0.2, -0.15) is 0 Å². The number of benzene rings is 1. The number of amides is 3. The lowest BCUT2D eigenvalue weighted by molar-refractivity contribution is -0.154. The molecule has 1 saturated heterocycles. The maximum Gasteiger partial charge on any atom is 0.316 e. The van der Waals surface area contributed by atoms with E-state index in [2.05, 4.69) is 5.32 Å². The standard InChI is InChI=1S/C31H34N2O6S/c1-17(31-12-18-9-19(13-31)11-20(10-18)14-31)30(37)39-27-8-5-21(38-27)16-40-25-4-2-3-22-23(25)15-33(29(22)36)24-6-7-26(34)32-28(24)35/h2-5,8,17-20,24H,6-7,9-16H2,1H3,(H,32,34,35). The van der Waals surface area contributed by atoms with Crippen LogP contribution in [-0.2, 0) is 26.7 Å². The molecular weight excluding hydrogens is 528 g/mol. The van der Waals surface area contributed by atoms with Gasteiger partial charge in [0.15, 0.2) is 0 Å². The normalized spacial score (nSPS) is 31.3. The van der Waals surface area contributed by atoms with Crippen molar-refractivity contribution in [3.63, 3.8) is 0 Å². The van der Waals surface area contributed by atoms with Crippen molar-refractivity contribution in [2.24, 2.45) is 29.1 Å². The quantitative estimate of drug-likeness (QED) is 0.285. The Labute approximate surface area is 237 Å². The van der Waals surface area contributed by atoms with E-state index in [4.69, 9.17) is 9.15 Å². The lowest BCUT2D eigenvalue weighted by Gasteiger charge is -2.58. The van der Waals surface area contributed by atoms with Gasteiger partial charge in [0, 0.05) is 29.5 Å². The van der Waals surface area contributed by atoms with Gasteiger partial charge in [-0.25, -0.2) is 0 Å². The summed E-state index contributed by atoms with van der Waals surface area (Å²) in [6.45, 7) is 2.37. The van der Waals surface area contributed by atoms with Crippen LogP contribution in [0.3, 0.4) is 0 Å². The first-order chi connectivity index (χ1) is 19.3. The number of furan rings is 1. The molecule has 4 aliphatic carbocycles. The number of piperidine rings is 1. The molecule has 2 aromatic rings. The van der Waals surface area contributed by atoms with E-state index in [0.717, 1.165) is 47.5 Å². The van der Waals surface area contributed by atoms with Gasteiger partial charge in [0.25, 0.3) is 11.9 Å². The van der Waals surface area contributed by atoms with Crippen LogP contribution in [0.2, 0.25) is 0 Å². The maximum absolute atomic E-state index is 13.2. The zero-order chi connectivity index (χ0) is 27.6. The van der Waals surface area contributed by atoms with Crippen molar-refractivity contribution >= 4 is 35.5 Å². The van der Waals surface area contributed by atoms with Crippen LogP contribution in [0.1, 0.15) is 80.0 Å². The van der Waals surface area contributed by atoms with Gasteiger partial charge in [-0.15, -0.1) is 11.8 Å². The molecule has 0 radical (unpaired) electrons. The van der Waals surface area contributed by atoms with E-state index in [0.29, 0.717) is 30.0 Å². The summed E-state index contributed by atoms with van der Waals surface area (Å²) in [6, 6.07) is 8.48. The van der Waals surface area contributed by atoms with Gasteiger partial charge in [-0.05, 0) is 91.9 Å². The monoisotopic (exact) mass is 562 g/mol. The largest absolute Gasteiger partial charge is 0.430 e. The molecule has 1 N–H and O–H groups in total. The Bertz CT molecular complexity index is 1360. The molecule has 4 bridgehead atoms. The first kappa shape index (κ1) is 25.9. The molecule has 1 aromatic carbocycles. The van der Waals surface area contributed by atoms with Crippen LogP contribution in [0.5, 0.6) is 5.95 Å². The Balaban J connectivity index is 0.985. The van der Waals surface area contributed by atoms with Gasteiger partial charge in [-0.3, -0.25) is 24.5 Å². The number of esters is 1. The highest BCUT2D eigenvalue weighted by molar-refractivity contribution is 7.98. The summed E-state index contributed by atoms with van der Waals surface area (Å²) in [6.07, 6.45) is 8.05. The first-order valence-corrected chi connectivity index (χ1v) is 15.5. The summed E-state index contributed by atoms with van der Waals surface area (Å²) in [5, 5.41) is 2.34. The second-order valence-electron chi connectivity index (χ2n) is 12.6. The molecule has 3 amide bonds. The number of imide groups is 1. The number of ether oxygens (including phenoxy) is 1. The van der Waals surface area contributed by atoms with Crippen molar-refractivity contribution in [2.75, 3.05) is 0 Å². The second kappa shape index (κ2) is 9.79. The van der Waals surface area contributed by atoms with Gasteiger partial charge in [-0.1, -0.05) is 13.0 Å². The summed E-state index contributed by atoms with van der Waals surface area (Å²) in [4.78, 5) is 52.7. The highest BCUT2D eigenvalue weighted by Crippen LogP contribution is 2.62. The number of carbonyl (C=O) groups is 4. The molecule has 8 rings (SSSR count). The van der Waals surface area contributed by atoms with Crippen molar-refractivity contribution in [1.29, 1.82) is 0 Å². The van der Waals surface area contributed by atoms with E-state index in [1.54, 1.807) is 28.8 Å². The fourth-order valence-corrected chi connectivity index (χ4v) is 9.45. The Kier molecular flexibility index (Phi) is 6.33. The topological polar surface area (TPSA) is 106 Å². The summed E-state index contributed by atoms with van der Waals surface area (Å²) in [7, 11) is 0. The van der Waals surface area contributed by atoms with E-state index < -0.39 is 11.9 Å². The number of carbonyl (C=O) groups excluding carboxylic acids is 4. The Morgan fingerprint density at radius 1 is 1.10 bits per heavy atom. The molecule has 2 atom stereocenters. The van der Waals surface area contributed by atoms with Gasteiger partial charge in [0.2, 0.25) is 11.8 Å². The molecule has 6 aliphatic rings. The SMILES string of the molecule is CC(C(=O)Oc1ccc(CSc2cccc3c2CN(C2CCC(=O)NC2=O)C3=O)o1)C12CC3CC(CC(C3)C1)C2. The zero-order valence-corrected chi connectivity index (χ0v) is 23.5. The Morgan fingerprint density at radius 2 is 1.82 bits per heavy atom. The van der Waals surface area contributed by atoms with Gasteiger partial charge in [0.1, 0.15) is 11.8 Å². The molecule has 9 heteroatoms. The zero-order valence-electron chi connectivity index (χ0n) is 22.6. The third-order valence-corrected chi connectivity index (χ3v) is 11.2. The molecule has 8 nitrogen and oxygen atoms in total. The number of nitrogens with zero attached hydrogens (tertiary/aromatic N) is 1. The molecular formula is C31H34N2O6S. The number of hydrogen-bond donors (Lipinski definition) is 1. The number of rotatable bonds is 7. The van der Waals surface area contributed by atoms with Crippen molar-refractivity contribution in [3.8, 4) is 5.95 Å². The average molecular weight is 563 g/mol. The molecule has 5 fully saturated rings. The molecule has 0 spiro atoms. The minimum absolute atomic E-state index is 0.0872. The Hall–Kier alpha value is -3.07. The van der Waals surface area contributed by atoms with E-state index in [-0.39, 0.29) is 41.5 Å². The van der Waals surface area contributed by atoms with Crippen LogP contribution in [0.4, 0.5) is 0 Å². The summed E-state index contributed by atoms with van der Waals surface area (Å²) >= 11 is 1.54. The molecule has 2 unspecified atom stereocenters. The van der Waals surface area contributed by atoms with E-state index >= 15 is 0 Å². The number of thioether (sulfide) groups is 1. The summed E-state index contributed by atoms with van der Waals surface area (Å²) < 4.78 is 11.7. The van der Waals surface area contributed by atoms with Gasteiger partial charge >= 0.3 is 5.97 Å². The fourth-order valence-electron chi connectivity index (χ4n) is 8.48. The van der Waals surface area contributed by atoms with E-state index in [9.17, 15) is 19.2 Å². The van der Waals surface area contributed by atoms with Crippen LogP contribution >= 0.6 is 11.8 Å². The smallest absolute Gasteiger partial charge is 0.316 e. The lowest BCUT2D eigenvalue weighted by Crippen LogP contribution is -2.52. The second-order valence-corrected chi connectivity index (χ2v) is 13.6. The van der Waals surface area contributed by atoms with Gasteiger partial charge < -0.3 is 14.1 Å². The van der Waals surface area contributed by atoms with E-state index in [1.807, 2.05) is 25.1 Å². The van der Waals surface area contributed by atoms with Crippen molar-refractivity contribution < 1.29 is 28.3 Å². The lowest BCUT2D eigenvalue weighted by atomic mass is 9.46. The van der Waals surface area contributed by atoms with Crippen molar-refractivity contribution in [3.05, 3.63) is 47.2 Å². The van der Waals surface area contributed by atoms with Crippen molar-refractivity contribution in [2.45, 2.75) is 81.5 Å². The molecule has 1 aromatic heterocycles. The van der Waals surface area contributed by atoms with E-state index in [1.165, 1.54) is 19.3 Å². The molecule has 210 valence electrons. The van der Waals surface area contributed by atoms with Crippen LogP contribution in [0.25, 0.3) is 0 Å². The molecule has 3 heterocycles. The molecule has 40 heavy (non-hydrogen) atoms. The summed E-state index contributed by atoms with van der Waals surface area (Å²) in [5.74, 6) is 2.52. The Morgan fingerprint density at radius 3 is 2.52 bits per heavy atom. The molecule has 4 saturated carbocycles. The maximum atomic E-state index is 13.2. The van der Waals surface area contributed by atoms with Crippen LogP contribution in [0.15, 0.2) is 39.6 Å². The fraction of sp³-hybridized carbons (Fsp3) is 0.548. The van der Waals surface area contributed by atoms with Crippen molar-refractivity contribution in [1.82, 2.24) is 10.2 Å². The minimum atomic E-state index is -0.640. The third-order valence-electron chi connectivity index (χ3n) is 10.1. The average Bonchev–Trinajstić information content (AvgIpc) is 3.50. The van der Waals surface area contributed by atoms with Crippen LogP contribution in [-0.4, -0.2) is 34.6 Å². The highest BCUT2D eigenvalue weighted by atomic mass is 32.2. The molecule has 2 aliphatic heterocycles. The minimum Gasteiger partial charge on any atom is -0.430 e. The van der Waals surface area contributed by atoms with Gasteiger partial charge in [0.05, 0.1) is 11.7 Å². The van der Waals surface area contributed by atoms with Crippen LogP contribution < -0.4 is 10.1 Å². The number of nitrogens with one attached hydrogen (secondary N) is 1. The first-order valence-electron chi connectivity index (χ1n) is 14.5. The number of fused-ring (bicyclic) bond motifs is 1. The highest BCUT2D eigenvalue weighted by Gasteiger charge is 2.55.